The summed E-state index contributed by atoms with van der Waals surface area (Å²) < 4.78 is 41.2. The van der Waals surface area contributed by atoms with Gasteiger partial charge in [-0.05, 0) is 13.3 Å². The van der Waals surface area contributed by atoms with E-state index >= 15 is 0 Å². The number of aromatic carboxylic acids is 1. The predicted molar refractivity (Wildman–Crippen MR) is 72.9 cm³/mol. The first kappa shape index (κ1) is 17.6. The van der Waals surface area contributed by atoms with E-state index in [1.54, 1.807) is 7.11 Å². The molecular weight excluding hydrogens is 302 g/mol. The van der Waals surface area contributed by atoms with Crippen LogP contribution in [0.3, 0.4) is 0 Å². The number of hydrogen-bond donors (Lipinski definition) is 2. The van der Waals surface area contributed by atoms with Crippen molar-refractivity contribution < 1.29 is 32.2 Å². The van der Waals surface area contributed by atoms with Crippen molar-refractivity contribution in [3.63, 3.8) is 0 Å². The number of carbonyl (C=O) groups is 1. The van der Waals surface area contributed by atoms with Crippen LogP contribution in [0.4, 0.5) is 0 Å². The van der Waals surface area contributed by atoms with Gasteiger partial charge in [-0.15, -0.1) is 0 Å². The number of rotatable bonds is 10. The van der Waals surface area contributed by atoms with Gasteiger partial charge in [0.1, 0.15) is 10.7 Å². The molecule has 21 heavy (non-hydrogen) atoms. The fourth-order valence-electron chi connectivity index (χ4n) is 1.54. The summed E-state index contributed by atoms with van der Waals surface area (Å²) in [4.78, 5) is 10.6. The van der Waals surface area contributed by atoms with Crippen LogP contribution in [0.2, 0.25) is 0 Å². The van der Waals surface area contributed by atoms with Crippen molar-refractivity contribution in [3.8, 4) is 0 Å². The van der Waals surface area contributed by atoms with Gasteiger partial charge in [-0.3, -0.25) is 0 Å². The highest BCUT2D eigenvalue weighted by atomic mass is 32.2. The summed E-state index contributed by atoms with van der Waals surface area (Å²) in [7, 11) is -2.22. The molecule has 0 aliphatic heterocycles. The maximum Gasteiger partial charge on any atom is 0.371 e. The Morgan fingerprint density at radius 1 is 1.38 bits per heavy atom. The summed E-state index contributed by atoms with van der Waals surface area (Å²) in [5.41, 5.74) is 0. The van der Waals surface area contributed by atoms with Crippen molar-refractivity contribution in [1.82, 2.24) is 4.72 Å². The Bertz CT molecular complexity index is 564. The SMILES string of the molecule is COCCOCCCNS(=O)(=O)c1cc(C(=O)O)oc1C. The second kappa shape index (κ2) is 8.13. The minimum absolute atomic E-state index is 0.0382. The van der Waals surface area contributed by atoms with E-state index in [1.807, 2.05) is 0 Å². The van der Waals surface area contributed by atoms with Gasteiger partial charge < -0.3 is 19.0 Å². The Hall–Kier alpha value is -1.42. The summed E-state index contributed by atoms with van der Waals surface area (Å²) in [5, 5.41) is 8.77. The van der Waals surface area contributed by atoms with Gasteiger partial charge in [0, 0.05) is 26.3 Å². The zero-order chi connectivity index (χ0) is 15.9. The third-order valence-corrected chi connectivity index (χ3v) is 4.13. The minimum atomic E-state index is -3.79. The Labute approximate surface area is 123 Å². The number of ether oxygens (including phenoxy) is 2. The lowest BCUT2D eigenvalue weighted by Crippen LogP contribution is -2.26. The molecule has 0 amide bonds. The molecule has 0 aliphatic carbocycles. The average molecular weight is 321 g/mol. The second-order valence-electron chi connectivity index (χ2n) is 4.19. The monoisotopic (exact) mass is 321 g/mol. The Kier molecular flexibility index (Phi) is 6.82. The first-order valence-electron chi connectivity index (χ1n) is 6.28. The number of furan rings is 1. The number of methoxy groups -OCH3 is 1. The smallest absolute Gasteiger partial charge is 0.371 e. The third-order valence-electron chi connectivity index (χ3n) is 2.56. The molecule has 0 bridgehead atoms. The maximum absolute atomic E-state index is 12.0. The molecule has 0 atom stereocenters. The van der Waals surface area contributed by atoms with Gasteiger partial charge in [0.15, 0.2) is 0 Å². The van der Waals surface area contributed by atoms with Gasteiger partial charge in [-0.1, -0.05) is 0 Å². The maximum atomic E-state index is 12.0. The molecule has 1 rings (SSSR count). The zero-order valence-electron chi connectivity index (χ0n) is 11.9. The standard InChI is InChI=1S/C12H19NO7S/c1-9-11(8-10(20-9)12(14)15)21(16,17)13-4-3-5-19-7-6-18-2/h8,13H,3-7H2,1-2H3,(H,14,15). The fourth-order valence-corrected chi connectivity index (χ4v) is 2.79. The Morgan fingerprint density at radius 2 is 2.10 bits per heavy atom. The topological polar surface area (TPSA) is 115 Å². The van der Waals surface area contributed by atoms with Crippen LogP contribution in [0.1, 0.15) is 22.7 Å². The molecule has 9 heteroatoms. The number of hydrogen-bond acceptors (Lipinski definition) is 6. The largest absolute Gasteiger partial charge is 0.475 e. The van der Waals surface area contributed by atoms with Crippen LogP contribution in [0.15, 0.2) is 15.4 Å². The molecule has 120 valence electrons. The third kappa shape index (κ3) is 5.46. The van der Waals surface area contributed by atoms with Crippen LogP contribution in [0.25, 0.3) is 0 Å². The molecule has 1 heterocycles. The minimum Gasteiger partial charge on any atom is -0.475 e. The van der Waals surface area contributed by atoms with Crippen LogP contribution in [0.5, 0.6) is 0 Å². The molecule has 2 N–H and O–H groups in total. The quantitative estimate of drug-likeness (QED) is 0.607. The molecule has 1 aromatic heterocycles. The van der Waals surface area contributed by atoms with E-state index in [-0.39, 0.29) is 17.2 Å². The van der Waals surface area contributed by atoms with Gasteiger partial charge in [-0.25, -0.2) is 17.9 Å². The first-order valence-corrected chi connectivity index (χ1v) is 7.77. The van der Waals surface area contributed by atoms with Gasteiger partial charge in [-0.2, -0.15) is 0 Å². The van der Waals surface area contributed by atoms with Crippen molar-refractivity contribution in [1.29, 1.82) is 0 Å². The lowest BCUT2D eigenvalue weighted by atomic mass is 10.4. The normalized spacial score (nSPS) is 11.7. The highest BCUT2D eigenvalue weighted by molar-refractivity contribution is 7.89. The molecule has 0 saturated heterocycles. The van der Waals surface area contributed by atoms with Crippen molar-refractivity contribution in [2.24, 2.45) is 0 Å². The van der Waals surface area contributed by atoms with Crippen LogP contribution < -0.4 is 4.72 Å². The van der Waals surface area contributed by atoms with E-state index in [2.05, 4.69) is 4.72 Å². The number of carboxylic acids is 1. The number of nitrogens with one attached hydrogen (secondary N) is 1. The average Bonchev–Trinajstić information content (AvgIpc) is 2.81. The van der Waals surface area contributed by atoms with Gasteiger partial charge in [0.25, 0.3) is 0 Å². The summed E-state index contributed by atoms with van der Waals surface area (Å²) in [5.74, 6) is -1.68. The van der Waals surface area contributed by atoms with Crippen molar-refractivity contribution in [3.05, 3.63) is 17.6 Å². The second-order valence-corrected chi connectivity index (χ2v) is 5.93. The molecule has 0 aromatic carbocycles. The highest BCUT2D eigenvalue weighted by Crippen LogP contribution is 2.19. The van der Waals surface area contributed by atoms with E-state index in [0.717, 1.165) is 6.07 Å². The summed E-state index contributed by atoms with van der Waals surface area (Å²) >= 11 is 0. The molecule has 8 nitrogen and oxygen atoms in total. The molecule has 0 saturated carbocycles. The summed E-state index contributed by atoms with van der Waals surface area (Å²) in [6, 6.07) is 0.995. The van der Waals surface area contributed by atoms with Crippen molar-refractivity contribution in [2.75, 3.05) is 33.5 Å². The molecule has 0 radical (unpaired) electrons. The fraction of sp³-hybridized carbons (Fsp3) is 0.583. The summed E-state index contributed by atoms with van der Waals surface area (Å²) in [6.45, 7) is 2.91. The van der Waals surface area contributed by atoms with Crippen LogP contribution in [0, 0.1) is 6.92 Å². The van der Waals surface area contributed by atoms with E-state index in [9.17, 15) is 13.2 Å². The van der Waals surface area contributed by atoms with Crippen LogP contribution in [-0.2, 0) is 19.5 Å². The Morgan fingerprint density at radius 3 is 2.67 bits per heavy atom. The van der Waals surface area contributed by atoms with Gasteiger partial charge in [0.2, 0.25) is 15.8 Å². The lowest BCUT2D eigenvalue weighted by Gasteiger charge is -2.06. The van der Waals surface area contributed by atoms with E-state index in [1.165, 1.54) is 6.92 Å². The van der Waals surface area contributed by atoms with E-state index in [4.69, 9.17) is 19.0 Å². The number of sulfonamides is 1. The predicted octanol–water partition coefficient (Wildman–Crippen LogP) is 0.618. The first-order chi connectivity index (χ1) is 9.88. The summed E-state index contributed by atoms with van der Waals surface area (Å²) in [6.07, 6.45) is 0.492. The molecular formula is C12H19NO7S. The Balaban J connectivity index is 2.48. The highest BCUT2D eigenvalue weighted by Gasteiger charge is 2.23. The number of aryl methyl sites for hydroxylation is 1. The molecule has 1 aromatic rings. The van der Waals surface area contributed by atoms with Crippen LogP contribution >= 0.6 is 0 Å². The molecule has 0 fully saturated rings. The molecule has 0 aliphatic rings. The van der Waals surface area contributed by atoms with E-state index < -0.39 is 21.8 Å². The van der Waals surface area contributed by atoms with E-state index in [0.29, 0.717) is 26.2 Å². The zero-order valence-corrected chi connectivity index (χ0v) is 12.7. The number of carboxylic acid groups (broad SMARTS) is 1. The van der Waals surface area contributed by atoms with Gasteiger partial charge >= 0.3 is 5.97 Å². The lowest BCUT2D eigenvalue weighted by molar-refractivity contribution is 0.0661. The molecule has 0 unspecified atom stereocenters. The van der Waals surface area contributed by atoms with Gasteiger partial charge in [0.05, 0.1) is 13.2 Å². The van der Waals surface area contributed by atoms with Crippen molar-refractivity contribution in [2.45, 2.75) is 18.2 Å². The van der Waals surface area contributed by atoms with Crippen LogP contribution in [-0.4, -0.2) is 53.0 Å². The van der Waals surface area contributed by atoms with Crippen molar-refractivity contribution >= 4 is 16.0 Å². The molecule has 0 spiro atoms.